The molecule has 1 atom stereocenters. The molecule has 0 fully saturated rings. The number of nitrogens with zero attached hydrogens (tertiary/aromatic N) is 1. The summed E-state index contributed by atoms with van der Waals surface area (Å²) in [7, 11) is -3.75. The molecule has 26 heavy (non-hydrogen) atoms. The third-order valence-electron chi connectivity index (χ3n) is 4.12. The van der Waals surface area contributed by atoms with Crippen molar-refractivity contribution in [2.45, 2.75) is 24.8 Å². The minimum Gasteiger partial charge on any atom is -0.358 e. The molecule has 0 aliphatic heterocycles. The molecule has 4 N–H and O–H groups in total. The van der Waals surface area contributed by atoms with Crippen LogP contribution in [-0.2, 0) is 10.0 Å². The Kier molecular flexibility index (Phi) is 5.62. The van der Waals surface area contributed by atoms with Gasteiger partial charge < -0.3 is 10.7 Å². The number of nitriles is 1. The predicted octanol–water partition coefficient (Wildman–Crippen LogP) is 3.59. The van der Waals surface area contributed by atoms with Crippen LogP contribution in [0.4, 0.5) is 5.69 Å². The van der Waals surface area contributed by atoms with E-state index in [1.165, 1.54) is 12.1 Å². The highest BCUT2D eigenvalue weighted by molar-refractivity contribution is 7.92. The maximum absolute atomic E-state index is 12.7. The Hall–Kier alpha value is -2.53. The van der Waals surface area contributed by atoms with E-state index < -0.39 is 10.0 Å². The highest BCUT2D eigenvalue weighted by Gasteiger charge is 2.18. The summed E-state index contributed by atoms with van der Waals surface area (Å²) in [6.07, 6.45) is 1.58. The molecule has 3 aromatic rings. The Morgan fingerprint density at radius 1 is 1.19 bits per heavy atom. The highest BCUT2D eigenvalue weighted by atomic mass is 35.5. The average Bonchev–Trinajstić information content (AvgIpc) is 3.02. The van der Waals surface area contributed by atoms with Gasteiger partial charge in [-0.25, -0.2) is 8.42 Å². The highest BCUT2D eigenvalue weighted by Crippen LogP contribution is 2.30. The van der Waals surface area contributed by atoms with Crippen LogP contribution in [0.2, 0.25) is 0 Å². The molecule has 0 radical (unpaired) electrons. The summed E-state index contributed by atoms with van der Waals surface area (Å²) in [5.41, 5.74) is 9.03. The standard InChI is InChI=1S/C18H18N4O2S.ClH/c1-11-3-8-16(18-17(11)14(9-19)10-21-18)22-25(23,24)15-6-4-13(5-7-15)12(2)20;/h3-8,10,12,21-22H,20H2,1-2H3;1H/t12-;/m1./s1. The van der Waals surface area contributed by atoms with Gasteiger partial charge in [0, 0.05) is 17.6 Å². The van der Waals surface area contributed by atoms with Gasteiger partial charge in [0.1, 0.15) is 6.07 Å². The number of sulfonamides is 1. The Morgan fingerprint density at radius 2 is 1.85 bits per heavy atom. The van der Waals surface area contributed by atoms with Crippen LogP contribution in [0, 0.1) is 18.3 Å². The summed E-state index contributed by atoms with van der Waals surface area (Å²) in [4.78, 5) is 3.13. The van der Waals surface area contributed by atoms with Gasteiger partial charge in [0.2, 0.25) is 0 Å². The van der Waals surface area contributed by atoms with Crippen molar-refractivity contribution in [3.05, 3.63) is 59.3 Å². The number of aromatic nitrogens is 1. The third kappa shape index (κ3) is 3.53. The number of fused-ring (bicyclic) bond motifs is 1. The van der Waals surface area contributed by atoms with E-state index in [0.29, 0.717) is 16.8 Å². The van der Waals surface area contributed by atoms with Crippen LogP contribution in [-0.4, -0.2) is 13.4 Å². The van der Waals surface area contributed by atoms with Crippen LogP contribution < -0.4 is 10.5 Å². The van der Waals surface area contributed by atoms with Gasteiger partial charge in [-0.2, -0.15) is 5.26 Å². The molecule has 0 aliphatic rings. The molecule has 0 aliphatic carbocycles. The molecule has 0 saturated carbocycles. The van der Waals surface area contributed by atoms with Gasteiger partial charge in [-0.3, -0.25) is 4.72 Å². The number of hydrogen-bond acceptors (Lipinski definition) is 4. The van der Waals surface area contributed by atoms with E-state index >= 15 is 0 Å². The lowest BCUT2D eigenvalue weighted by molar-refractivity contribution is 0.601. The molecule has 2 aromatic carbocycles. The second-order valence-electron chi connectivity index (χ2n) is 5.96. The molecule has 1 heterocycles. The van der Waals surface area contributed by atoms with Gasteiger partial charge >= 0.3 is 0 Å². The van der Waals surface area contributed by atoms with Crippen molar-refractivity contribution in [3.63, 3.8) is 0 Å². The van der Waals surface area contributed by atoms with Crippen molar-refractivity contribution in [1.29, 1.82) is 5.26 Å². The number of benzene rings is 2. The fourth-order valence-corrected chi connectivity index (χ4v) is 3.82. The van der Waals surface area contributed by atoms with Crippen LogP contribution in [0.1, 0.15) is 29.7 Å². The minimum absolute atomic E-state index is 0. The first-order valence-corrected chi connectivity index (χ1v) is 9.21. The molecule has 1 aromatic heterocycles. The predicted molar refractivity (Wildman–Crippen MR) is 105 cm³/mol. The van der Waals surface area contributed by atoms with Crippen LogP contribution in [0.3, 0.4) is 0 Å². The fourth-order valence-electron chi connectivity index (χ4n) is 2.75. The van der Waals surface area contributed by atoms with Gasteiger partial charge in [-0.15, -0.1) is 12.4 Å². The van der Waals surface area contributed by atoms with Crippen LogP contribution in [0.15, 0.2) is 47.5 Å². The molecular weight excluding hydrogens is 372 g/mol. The van der Waals surface area contributed by atoms with Gasteiger partial charge in [0.05, 0.1) is 21.7 Å². The van der Waals surface area contributed by atoms with E-state index in [1.54, 1.807) is 30.5 Å². The lowest BCUT2D eigenvalue weighted by Crippen LogP contribution is -2.14. The van der Waals surface area contributed by atoms with E-state index in [4.69, 9.17) is 5.73 Å². The zero-order valence-electron chi connectivity index (χ0n) is 14.3. The normalized spacial score (nSPS) is 12.2. The zero-order valence-corrected chi connectivity index (χ0v) is 15.9. The maximum Gasteiger partial charge on any atom is 0.261 e. The van der Waals surface area contributed by atoms with Crippen molar-refractivity contribution in [2.24, 2.45) is 5.73 Å². The molecule has 0 amide bonds. The Balaban J connectivity index is 0.00000243. The monoisotopic (exact) mass is 390 g/mol. The molecule has 136 valence electrons. The average molecular weight is 391 g/mol. The number of hydrogen-bond donors (Lipinski definition) is 3. The Morgan fingerprint density at radius 3 is 2.42 bits per heavy atom. The number of anilines is 1. The quantitative estimate of drug-likeness (QED) is 0.631. The van der Waals surface area contributed by atoms with Crippen molar-refractivity contribution < 1.29 is 8.42 Å². The number of aryl methyl sites for hydroxylation is 1. The topological polar surface area (TPSA) is 112 Å². The van der Waals surface area contributed by atoms with Crippen molar-refractivity contribution in [1.82, 2.24) is 4.98 Å². The van der Waals surface area contributed by atoms with Gasteiger partial charge in [-0.1, -0.05) is 18.2 Å². The zero-order chi connectivity index (χ0) is 18.2. The first-order chi connectivity index (χ1) is 11.8. The van der Waals surface area contributed by atoms with Crippen LogP contribution in [0.25, 0.3) is 10.9 Å². The molecule has 0 saturated heterocycles. The summed E-state index contributed by atoms with van der Waals surface area (Å²) in [6.45, 7) is 3.71. The second kappa shape index (κ2) is 7.38. The van der Waals surface area contributed by atoms with E-state index in [-0.39, 0.29) is 23.3 Å². The number of nitrogens with two attached hydrogens (primary N) is 1. The third-order valence-corrected chi connectivity index (χ3v) is 5.51. The first-order valence-electron chi connectivity index (χ1n) is 7.72. The fraction of sp³-hybridized carbons (Fsp3) is 0.167. The smallest absolute Gasteiger partial charge is 0.261 e. The molecule has 8 heteroatoms. The summed E-state index contributed by atoms with van der Waals surface area (Å²) in [5.74, 6) is 0. The number of aromatic amines is 1. The lowest BCUT2D eigenvalue weighted by atomic mass is 10.1. The number of halogens is 1. The van der Waals surface area contributed by atoms with E-state index in [2.05, 4.69) is 15.8 Å². The van der Waals surface area contributed by atoms with Gasteiger partial charge in [-0.05, 0) is 43.2 Å². The van der Waals surface area contributed by atoms with Crippen molar-refractivity contribution in [2.75, 3.05) is 4.72 Å². The lowest BCUT2D eigenvalue weighted by Gasteiger charge is -2.11. The largest absolute Gasteiger partial charge is 0.358 e. The van der Waals surface area contributed by atoms with E-state index in [0.717, 1.165) is 16.5 Å². The van der Waals surface area contributed by atoms with Crippen molar-refractivity contribution in [3.8, 4) is 6.07 Å². The van der Waals surface area contributed by atoms with Crippen molar-refractivity contribution >= 4 is 39.0 Å². The van der Waals surface area contributed by atoms with Crippen LogP contribution in [0.5, 0.6) is 0 Å². The summed E-state index contributed by atoms with van der Waals surface area (Å²) in [6, 6.07) is 11.9. The molecular formula is C18H19ClN4O2S. The van der Waals surface area contributed by atoms with E-state index in [1.807, 2.05) is 13.8 Å². The second-order valence-corrected chi connectivity index (χ2v) is 7.64. The summed E-state index contributed by atoms with van der Waals surface area (Å²) >= 11 is 0. The summed E-state index contributed by atoms with van der Waals surface area (Å²) in [5, 5.41) is 9.92. The Bertz CT molecular complexity index is 1080. The number of rotatable bonds is 4. The molecule has 3 rings (SSSR count). The molecule has 0 unspecified atom stereocenters. The minimum atomic E-state index is -3.75. The van der Waals surface area contributed by atoms with Crippen LogP contribution >= 0.6 is 12.4 Å². The Labute approximate surface area is 158 Å². The summed E-state index contributed by atoms with van der Waals surface area (Å²) < 4.78 is 27.9. The molecule has 0 bridgehead atoms. The molecule has 0 spiro atoms. The molecule has 6 nitrogen and oxygen atoms in total. The number of nitrogens with one attached hydrogen (secondary N) is 2. The van der Waals surface area contributed by atoms with E-state index in [9.17, 15) is 13.7 Å². The van der Waals surface area contributed by atoms with Gasteiger partial charge in [0.25, 0.3) is 10.0 Å². The SMILES string of the molecule is Cc1ccc(NS(=O)(=O)c2ccc([C@@H](C)N)cc2)c2[nH]cc(C#N)c12.Cl. The first kappa shape index (κ1) is 19.8. The number of H-pyrrole nitrogens is 1. The maximum atomic E-state index is 12.7. The van der Waals surface area contributed by atoms with Gasteiger partial charge in [0.15, 0.2) is 0 Å².